The van der Waals surface area contributed by atoms with E-state index >= 15 is 0 Å². The summed E-state index contributed by atoms with van der Waals surface area (Å²) in [6.07, 6.45) is 1.52. The summed E-state index contributed by atoms with van der Waals surface area (Å²) in [6, 6.07) is 8.72. The van der Waals surface area contributed by atoms with Crippen molar-refractivity contribution in [2.45, 2.75) is 0 Å². The zero-order chi connectivity index (χ0) is 17.2. The molecule has 0 fully saturated rings. The van der Waals surface area contributed by atoms with Crippen LogP contribution in [0.25, 0.3) is 0 Å². The van der Waals surface area contributed by atoms with Gasteiger partial charge in [0.1, 0.15) is 10.8 Å². The number of nitrogens with one attached hydrogen (secondary N) is 2. The highest BCUT2D eigenvalue weighted by atomic mass is 35.5. The normalized spacial score (nSPS) is 12.0. The van der Waals surface area contributed by atoms with E-state index in [9.17, 15) is 4.79 Å². The van der Waals surface area contributed by atoms with Crippen LogP contribution in [0.15, 0.2) is 41.9 Å². The van der Waals surface area contributed by atoms with Crippen LogP contribution in [0, 0.1) is 0 Å². The molecule has 126 valence electrons. The van der Waals surface area contributed by atoms with Crippen molar-refractivity contribution in [2.75, 3.05) is 17.4 Å². The maximum Gasteiger partial charge on any atom is 0.275 e. The molecular formula is C16H11ClN4O3S. The van der Waals surface area contributed by atoms with E-state index in [0.717, 1.165) is 5.69 Å². The van der Waals surface area contributed by atoms with Crippen molar-refractivity contribution in [3.8, 4) is 11.5 Å². The highest BCUT2D eigenvalue weighted by Gasteiger charge is 2.15. The van der Waals surface area contributed by atoms with E-state index in [1.165, 1.54) is 17.5 Å². The van der Waals surface area contributed by atoms with Gasteiger partial charge in [0.25, 0.3) is 5.91 Å². The number of anilines is 3. The summed E-state index contributed by atoms with van der Waals surface area (Å²) in [5.74, 6) is 1.06. The minimum absolute atomic E-state index is 0.222. The van der Waals surface area contributed by atoms with Crippen LogP contribution in [0.1, 0.15) is 10.5 Å². The summed E-state index contributed by atoms with van der Waals surface area (Å²) in [6.45, 7) is 0.222. The van der Waals surface area contributed by atoms with Crippen LogP contribution < -0.4 is 20.1 Å². The van der Waals surface area contributed by atoms with Crippen LogP contribution in [0.5, 0.6) is 11.5 Å². The van der Waals surface area contributed by atoms with Crippen molar-refractivity contribution in [3.63, 3.8) is 0 Å². The lowest BCUT2D eigenvalue weighted by Crippen LogP contribution is -2.12. The number of thiazole rings is 1. The first-order valence-corrected chi connectivity index (χ1v) is 8.48. The zero-order valence-electron chi connectivity index (χ0n) is 12.7. The van der Waals surface area contributed by atoms with E-state index in [0.29, 0.717) is 33.2 Å². The van der Waals surface area contributed by atoms with Crippen LogP contribution in [-0.2, 0) is 0 Å². The monoisotopic (exact) mass is 374 g/mol. The largest absolute Gasteiger partial charge is 0.454 e. The second-order valence-corrected chi connectivity index (χ2v) is 6.30. The van der Waals surface area contributed by atoms with E-state index in [2.05, 4.69) is 20.6 Å². The fourth-order valence-electron chi connectivity index (χ4n) is 2.21. The average Bonchev–Trinajstić information content (AvgIpc) is 3.23. The van der Waals surface area contributed by atoms with Crippen molar-refractivity contribution < 1.29 is 14.3 Å². The Morgan fingerprint density at radius 1 is 1.16 bits per heavy atom. The van der Waals surface area contributed by atoms with E-state index < -0.39 is 0 Å². The maximum absolute atomic E-state index is 12.2. The number of carbonyl (C=O) groups is 1. The highest BCUT2D eigenvalue weighted by molar-refractivity contribution is 7.14. The minimum atomic E-state index is -0.322. The maximum atomic E-state index is 12.2. The number of hydrogen-bond acceptors (Lipinski definition) is 7. The smallest absolute Gasteiger partial charge is 0.275 e. The second kappa shape index (κ2) is 6.58. The van der Waals surface area contributed by atoms with Crippen LogP contribution in [0.3, 0.4) is 0 Å². The molecule has 0 bridgehead atoms. The minimum Gasteiger partial charge on any atom is -0.454 e. The molecule has 0 unspecified atom stereocenters. The summed E-state index contributed by atoms with van der Waals surface area (Å²) >= 11 is 7.13. The van der Waals surface area contributed by atoms with Gasteiger partial charge in [0.15, 0.2) is 16.6 Å². The number of amides is 1. The van der Waals surface area contributed by atoms with Gasteiger partial charge in [-0.1, -0.05) is 11.6 Å². The number of benzene rings is 1. The van der Waals surface area contributed by atoms with Gasteiger partial charge in [0.05, 0.1) is 0 Å². The van der Waals surface area contributed by atoms with Gasteiger partial charge in [0.2, 0.25) is 6.79 Å². The SMILES string of the molecule is O=C(Nc1ccnc(Cl)c1)c1csc(Nc2ccc3c(c2)OCO3)n1. The third kappa shape index (κ3) is 3.49. The molecule has 0 aliphatic carbocycles. The lowest BCUT2D eigenvalue weighted by atomic mass is 10.3. The Kier molecular flexibility index (Phi) is 4.12. The summed E-state index contributed by atoms with van der Waals surface area (Å²) in [7, 11) is 0. The first-order chi connectivity index (χ1) is 12.2. The Morgan fingerprint density at radius 2 is 2.04 bits per heavy atom. The van der Waals surface area contributed by atoms with Gasteiger partial charge in [-0.25, -0.2) is 9.97 Å². The summed E-state index contributed by atoms with van der Waals surface area (Å²) in [5.41, 5.74) is 1.66. The average molecular weight is 375 g/mol. The van der Waals surface area contributed by atoms with Crippen molar-refractivity contribution >= 4 is 45.4 Å². The fourth-order valence-corrected chi connectivity index (χ4v) is 3.09. The van der Waals surface area contributed by atoms with Crippen molar-refractivity contribution in [1.82, 2.24) is 9.97 Å². The number of pyridine rings is 1. The lowest BCUT2D eigenvalue weighted by Gasteiger charge is -2.04. The Labute approximate surface area is 151 Å². The first kappa shape index (κ1) is 15.7. The molecule has 1 aromatic carbocycles. The fraction of sp³-hybridized carbons (Fsp3) is 0.0625. The van der Waals surface area contributed by atoms with Gasteiger partial charge >= 0.3 is 0 Å². The molecule has 0 saturated carbocycles. The molecule has 1 aliphatic rings. The quantitative estimate of drug-likeness (QED) is 0.673. The lowest BCUT2D eigenvalue weighted by molar-refractivity contribution is 0.102. The second-order valence-electron chi connectivity index (χ2n) is 5.05. The predicted molar refractivity (Wildman–Crippen MR) is 95.2 cm³/mol. The van der Waals surface area contributed by atoms with Crippen LogP contribution in [0.2, 0.25) is 5.15 Å². The Hall–Kier alpha value is -2.84. The molecule has 2 aromatic heterocycles. The zero-order valence-corrected chi connectivity index (χ0v) is 14.2. The molecule has 9 heteroatoms. The van der Waals surface area contributed by atoms with E-state index in [1.807, 2.05) is 18.2 Å². The Balaban J connectivity index is 1.45. The number of fused-ring (bicyclic) bond motifs is 1. The number of ether oxygens (including phenoxy) is 2. The molecule has 0 radical (unpaired) electrons. The van der Waals surface area contributed by atoms with Crippen LogP contribution in [0.4, 0.5) is 16.5 Å². The number of aromatic nitrogens is 2. The topological polar surface area (TPSA) is 85.4 Å². The highest BCUT2D eigenvalue weighted by Crippen LogP contribution is 2.35. The van der Waals surface area contributed by atoms with E-state index in [-0.39, 0.29) is 12.7 Å². The number of carbonyl (C=O) groups excluding carboxylic acids is 1. The van der Waals surface area contributed by atoms with Gasteiger partial charge in [-0.3, -0.25) is 4.79 Å². The molecule has 1 aliphatic heterocycles. The first-order valence-electron chi connectivity index (χ1n) is 7.22. The van der Waals surface area contributed by atoms with E-state index in [4.69, 9.17) is 21.1 Å². The van der Waals surface area contributed by atoms with Gasteiger partial charge in [0, 0.05) is 29.0 Å². The molecule has 7 nitrogen and oxygen atoms in total. The molecule has 3 aromatic rings. The molecule has 1 amide bonds. The van der Waals surface area contributed by atoms with Crippen molar-refractivity contribution in [3.05, 3.63) is 52.8 Å². The van der Waals surface area contributed by atoms with Gasteiger partial charge in [-0.05, 0) is 24.3 Å². The standard InChI is InChI=1S/C16H11ClN4O3S/c17-14-6-10(3-4-18-14)19-15(22)11-7-25-16(21-11)20-9-1-2-12-13(5-9)24-8-23-12/h1-7H,8H2,(H,20,21)(H,18,19,22). The molecule has 0 spiro atoms. The molecule has 0 saturated heterocycles. The summed E-state index contributed by atoms with van der Waals surface area (Å²) < 4.78 is 10.6. The molecule has 3 heterocycles. The molecule has 4 rings (SSSR count). The van der Waals surface area contributed by atoms with Crippen molar-refractivity contribution in [1.29, 1.82) is 0 Å². The van der Waals surface area contributed by atoms with Gasteiger partial charge < -0.3 is 20.1 Å². The molecule has 2 N–H and O–H groups in total. The van der Waals surface area contributed by atoms with Gasteiger partial charge in [-0.15, -0.1) is 11.3 Å². The van der Waals surface area contributed by atoms with Crippen LogP contribution >= 0.6 is 22.9 Å². The molecule has 25 heavy (non-hydrogen) atoms. The molecule has 0 atom stereocenters. The third-order valence-corrected chi connectivity index (χ3v) is 4.31. The van der Waals surface area contributed by atoms with Crippen molar-refractivity contribution in [2.24, 2.45) is 0 Å². The number of hydrogen-bond donors (Lipinski definition) is 2. The number of rotatable bonds is 4. The van der Waals surface area contributed by atoms with Crippen LogP contribution in [-0.4, -0.2) is 22.7 Å². The number of halogens is 1. The summed E-state index contributed by atoms with van der Waals surface area (Å²) in [4.78, 5) is 20.4. The third-order valence-electron chi connectivity index (χ3n) is 3.35. The molecular weight excluding hydrogens is 364 g/mol. The summed E-state index contributed by atoms with van der Waals surface area (Å²) in [5, 5.41) is 8.44. The Morgan fingerprint density at radius 3 is 2.92 bits per heavy atom. The van der Waals surface area contributed by atoms with E-state index in [1.54, 1.807) is 17.5 Å². The predicted octanol–water partition coefficient (Wildman–Crippen LogP) is 3.92. The van der Waals surface area contributed by atoms with Gasteiger partial charge in [-0.2, -0.15) is 0 Å². The Bertz CT molecular complexity index is 947. The number of nitrogens with zero attached hydrogens (tertiary/aromatic N) is 2.